The molecule has 2 aromatic rings. The van der Waals surface area contributed by atoms with Gasteiger partial charge in [0.2, 0.25) is 0 Å². The molecule has 5 heteroatoms. The van der Waals surface area contributed by atoms with E-state index in [1.807, 2.05) is 0 Å². The highest BCUT2D eigenvalue weighted by Gasteiger charge is 2.20. The van der Waals surface area contributed by atoms with Crippen LogP contribution in [0, 0.1) is 0 Å². The van der Waals surface area contributed by atoms with Crippen LogP contribution in [0.3, 0.4) is 0 Å². The number of methoxy groups -OCH3 is 1. The third-order valence-electron chi connectivity index (χ3n) is 3.19. The smallest absolute Gasteiger partial charge is 0.148 e. The molecule has 1 heterocycles. The molecule has 0 aliphatic heterocycles. The minimum absolute atomic E-state index is 0.0964. The van der Waals surface area contributed by atoms with E-state index in [0.717, 1.165) is 23.1 Å². The van der Waals surface area contributed by atoms with E-state index in [0.29, 0.717) is 6.61 Å². The van der Waals surface area contributed by atoms with Crippen LogP contribution < -0.4 is 5.32 Å². The maximum absolute atomic E-state index is 5.01. The molecule has 2 rings (SSSR count). The Morgan fingerprint density at radius 1 is 1.19 bits per heavy atom. The van der Waals surface area contributed by atoms with Crippen LogP contribution in [0.15, 0.2) is 24.3 Å². The average Bonchev–Trinajstić information content (AvgIpc) is 2.91. The van der Waals surface area contributed by atoms with Crippen LogP contribution in [0.4, 0.5) is 0 Å². The molecule has 0 atom stereocenters. The summed E-state index contributed by atoms with van der Waals surface area (Å²) in [5, 5.41) is 13.9. The van der Waals surface area contributed by atoms with E-state index in [4.69, 9.17) is 4.74 Å². The number of nitrogens with zero attached hydrogens (tertiary/aromatic N) is 2. The van der Waals surface area contributed by atoms with Crippen LogP contribution in [0.5, 0.6) is 0 Å². The minimum atomic E-state index is 0.0964. The molecule has 0 amide bonds. The molecule has 0 unspecified atom stereocenters. The van der Waals surface area contributed by atoms with Crippen molar-refractivity contribution in [2.45, 2.75) is 32.7 Å². The summed E-state index contributed by atoms with van der Waals surface area (Å²) in [6.07, 6.45) is 0. The molecule has 1 N–H and O–H groups in total. The lowest BCUT2D eigenvalue weighted by Crippen LogP contribution is -2.18. The van der Waals surface area contributed by atoms with E-state index in [2.05, 4.69) is 60.6 Å². The number of ether oxygens (including phenoxy) is 1. The first-order valence-corrected chi connectivity index (χ1v) is 7.96. The van der Waals surface area contributed by atoms with Gasteiger partial charge in [-0.3, -0.25) is 0 Å². The second kappa shape index (κ2) is 7.11. The molecular weight excluding hydrogens is 282 g/mol. The lowest BCUT2D eigenvalue weighted by atomic mass is 9.84. The van der Waals surface area contributed by atoms with Gasteiger partial charge < -0.3 is 10.1 Å². The van der Waals surface area contributed by atoms with E-state index >= 15 is 0 Å². The maximum Gasteiger partial charge on any atom is 0.148 e. The molecule has 0 bridgehead atoms. The van der Waals surface area contributed by atoms with Crippen LogP contribution in [-0.4, -0.2) is 30.5 Å². The van der Waals surface area contributed by atoms with Crippen molar-refractivity contribution in [3.8, 4) is 10.6 Å². The van der Waals surface area contributed by atoms with Crippen molar-refractivity contribution in [2.75, 3.05) is 20.3 Å². The summed E-state index contributed by atoms with van der Waals surface area (Å²) in [5.74, 6) is 0. The molecule has 1 aromatic carbocycles. The molecular formula is C16H23N3OS. The van der Waals surface area contributed by atoms with E-state index in [9.17, 15) is 0 Å². The summed E-state index contributed by atoms with van der Waals surface area (Å²) in [4.78, 5) is 0. The van der Waals surface area contributed by atoms with Crippen molar-refractivity contribution >= 4 is 11.3 Å². The van der Waals surface area contributed by atoms with Gasteiger partial charge in [0.25, 0.3) is 0 Å². The van der Waals surface area contributed by atoms with E-state index in [1.54, 1.807) is 18.4 Å². The summed E-state index contributed by atoms with van der Waals surface area (Å²) >= 11 is 1.65. The van der Waals surface area contributed by atoms with Crippen LogP contribution in [0.1, 0.15) is 31.3 Å². The van der Waals surface area contributed by atoms with Gasteiger partial charge in [-0.15, -0.1) is 10.2 Å². The molecule has 0 spiro atoms. The number of hydrogen-bond acceptors (Lipinski definition) is 5. The number of rotatable bonds is 6. The van der Waals surface area contributed by atoms with Crippen molar-refractivity contribution in [1.82, 2.24) is 15.5 Å². The van der Waals surface area contributed by atoms with Gasteiger partial charge in [-0.2, -0.15) is 0 Å². The molecule has 4 nitrogen and oxygen atoms in total. The Kier molecular flexibility index (Phi) is 5.45. The van der Waals surface area contributed by atoms with Gasteiger partial charge in [0.1, 0.15) is 10.0 Å². The normalized spacial score (nSPS) is 11.8. The highest BCUT2D eigenvalue weighted by molar-refractivity contribution is 7.14. The Labute approximate surface area is 130 Å². The van der Waals surface area contributed by atoms with Crippen molar-refractivity contribution in [1.29, 1.82) is 0 Å². The van der Waals surface area contributed by atoms with Gasteiger partial charge in [0, 0.05) is 25.8 Å². The van der Waals surface area contributed by atoms with Gasteiger partial charge in [-0.1, -0.05) is 56.4 Å². The molecule has 0 fully saturated rings. The summed E-state index contributed by atoms with van der Waals surface area (Å²) < 4.78 is 5.01. The predicted molar refractivity (Wildman–Crippen MR) is 87.6 cm³/mol. The van der Waals surface area contributed by atoms with Crippen molar-refractivity contribution in [3.05, 3.63) is 34.8 Å². The SMILES string of the molecule is COCCNCc1nnc(-c2ccccc2C(C)(C)C)s1. The second-order valence-corrected chi connectivity index (χ2v) is 7.03. The maximum atomic E-state index is 5.01. The zero-order valence-corrected chi connectivity index (χ0v) is 14.0. The van der Waals surface area contributed by atoms with Crippen molar-refractivity contribution < 1.29 is 4.74 Å². The van der Waals surface area contributed by atoms with Gasteiger partial charge in [0.05, 0.1) is 6.61 Å². The van der Waals surface area contributed by atoms with Gasteiger partial charge in [0.15, 0.2) is 0 Å². The Bertz CT molecular complexity index is 575. The molecule has 1 aromatic heterocycles. The molecule has 114 valence electrons. The third kappa shape index (κ3) is 4.33. The van der Waals surface area contributed by atoms with Gasteiger partial charge in [-0.25, -0.2) is 0 Å². The quantitative estimate of drug-likeness (QED) is 0.832. The molecule has 0 saturated heterocycles. The zero-order valence-electron chi connectivity index (χ0n) is 13.1. The Hall–Kier alpha value is -1.30. The standard InChI is InChI=1S/C16H23N3OS/c1-16(2,3)13-8-6-5-7-12(13)15-19-18-14(21-15)11-17-9-10-20-4/h5-8,17H,9-11H2,1-4H3. The topological polar surface area (TPSA) is 47.0 Å². The zero-order chi connectivity index (χ0) is 15.3. The van der Waals surface area contributed by atoms with Gasteiger partial charge in [-0.05, 0) is 11.0 Å². The monoisotopic (exact) mass is 305 g/mol. The first kappa shape index (κ1) is 16.1. The fourth-order valence-electron chi connectivity index (χ4n) is 2.13. The van der Waals surface area contributed by atoms with Gasteiger partial charge >= 0.3 is 0 Å². The molecule has 0 aliphatic carbocycles. The number of aromatic nitrogens is 2. The largest absolute Gasteiger partial charge is 0.383 e. The fourth-order valence-corrected chi connectivity index (χ4v) is 2.98. The van der Waals surface area contributed by atoms with Crippen LogP contribution >= 0.6 is 11.3 Å². The van der Waals surface area contributed by atoms with Crippen molar-refractivity contribution in [3.63, 3.8) is 0 Å². The molecule has 0 saturated carbocycles. The lowest BCUT2D eigenvalue weighted by Gasteiger charge is -2.21. The lowest BCUT2D eigenvalue weighted by molar-refractivity contribution is 0.199. The Morgan fingerprint density at radius 2 is 1.95 bits per heavy atom. The average molecular weight is 305 g/mol. The highest BCUT2D eigenvalue weighted by Crippen LogP contribution is 2.34. The van der Waals surface area contributed by atoms with Crippen LogP contribution in [0.25, 0.3) is 10.6 Å². The van der Waals surface area contributed by atoms with Crippen LogP contribution in [-0.2, 0) is 16.7 Å². The summed E-state index contributed by atoms with van der Waals surface area (Å²) in [6, 6.07) is 8.44. The first-order chi connectivity index (χ1) is 10.0. The van der Waals surface area contributed by atoms with E-state index in [-0.39, 0.29) is 5.41 Å². The van der Waals surface area contributed by atoms with E-state index in [1.165, 1.54) is 11.1 Å². The Balaban J connectivity index is 2.15. The summed E-state index contributed by atoms with van der Waals surface area (Å²) in [7, 11) is 1.70. The summed E-state index contributed by atoms with van der Waals surface area (Å²) in [6.45, 7) is 8.93. The number of hydrogen-bond donors (Lipinski definition) is 1. The molecule has 21 heavy (non-hydrogen) atoms. The predicted octanol–water partition coefficient (Wildman–Crippen LogP) is 3.24. The second-order valence-electron chi connectivity index (χ2n) is 5.97. The fraction of sp³-hybridized carbons (Fsp3) is 0.500. The molecule has 0 aliphatic rings. The Morgan fingerprint density at radius 3 is 2.67 bits per heavy atom. The minimum Gasteiger partial charge on any atom is -0.383 e. The highest BCUT2D eigenvalue weighted by atomic mass is 32.1. The summed E-state index contributed by atoms with van der Waals surface area (Å²) in [5.41, 5.74) is 2.59. The number of nitrogens with one attached hydrogen (secondary N) is 1. The van der Waals surface area contributed by atoms with Crippen molar-refractivity contribution in [2.24, 2.45) is 0 Å². The molecule has 0 radical (unpaired) electrons. The van der Waals surface area contributed by atoms with E-state index < -0.39 is 0 Å². The number of benzene rings is 1. The first-order valence-electron chi connectivity index (χ1n) is 7.14. The van der Waals surface area contributed by atoms with Crippen LogP contribution in [0.2, 0.25) is 0 Å². The third-order valence-corrected chi connectivity index (χ3v) is 4.15.